The molecule has 128 valence electrons. The van der Waals surface area contributed by atoms with E-state index in [1.54, 1.807) is 11.9 Å². The molecule has 1 fully saturated rings. The third-order valence-electron chi connectivity index (χ3n) is 3.77. The average Bonchev–Trinajstić information content (AvgIpc) is 2.97. The Morgan fingerprint density at radius 3 is 2.87 bits per heavy atom. The summed E-state index contributed by atoms with van der Waals surface area (Å²) in [5.74, 6) is 0. The van der Waals surface area contributed by atoms with Crippen molar-refractivity contribution >= 4 is 11.8 Å². The highest BCUT2D eigenvalue weighted by Crippen LogP contribution is 2.15. The van der Waals surface area contributed by atoms with Crippen LogP contribution in [0.4, 0.5) is 10.5 Å². The zero-order chi connectivity index (χ0) is 16.9. The van der Waals surface area contributed by atoms with Crippen LogP contribution in [0.2, 0.25) is 0 Å². The standard InChI is InChI=1S/C18H29N3O2/c1-18(2,3)23-17(22)21(4)13-14-7-5-8-15(11-14)20-12-16-9-6-10-19-16/h5,7-8,11,16,19-20H,6,9-10,12-13H2,1-4H3. The number of amides is 1. The normalized spacial score (nSPS) is 17.8. The molecule has 0 radical (unpaired) electrons. The van der Waals surface area contributed by atoms with E-state index in [-0.39, 0.29) is 6.09 Å². The van der Waals surface area contributed by atoms with Crippen molar-refractivity contribution in [3.05, 3.63) is 29.8 Å². The number of hydrogen-bond acceptors (Lipinski definition) is 4. The summed E-state index contributed by atoms with van der Waals surface area (Å²) in [6.45, 7) is 8.21. The first-order valence-electron chi connectivity index (χ1n) is 8.34. The molecule has 2 rings (SSSR count). The molecule has 1 aliphatic heterocycles. The second-order valence-electron chi connectivity index (χ2n) is 7.21. The van der Waals surface area contributed by atoms with Crippen molar-refractivity contribution < 1.29 is 9.53 Å². The number of benzene rings is 1. The Kier molecular flexibility index (Phi) is 5.88. The first-order valence-corrected chi connectivity index (χ1v) is 8.34. The quantitative estimate of drug-likeness (QED) is 0.875. The Bertz CT molecular complexity index is 519. The molecule has 0 aliphatic carbocycles. The van der Waals surface area contributed by atoms with Gasteiger partial charge in [-0.2, -0.15) is 0 Å². The Balaban J connectivity index is 1.87. The van der Waals surface area contributed by atoms with Crippen molar-refractivity contribution in [3.8, 4) is 0 Å². The Labute approximate surface area is 139 Å². The van der Waals surface area contributed by atoms with Crippen LogP contribution >= 0.6 is 0 Å². The number of anilines is 1. The van der Waals surface area contributed by atoms with Crippen molar-refractivity contribution in [1.29, 1.82) is 0 Å². The molecule has 1 amide bonds. The van der Waals surface area contributed by atoms with Crippen LogP contribution in [0, 0.1) is 0 Å². The Morgan fingerprint density at radius 1 is 1.43 bits per heavy atom. The molecule has 1 aliphatic rings. The summed E-state index contributed by atoms with van der Waals surface area (Å²) < 4.78 is 5.38. The molecule has 1 atom stereocenters. The maximum absolute atomic E-state index is 12.0. The van der Waals surface area contributed by atoms with Gasteiger partial charge in [0.2, 0.25) is 0 Å². The number of nitrogens with zero attached hydrogens (tertiary/aromatic N) is 1. The Hall–Kier alpha value is -1.75. The summed E-state index contributed by atoms with van der Waals surface area (Å²) in [5, 5.41) is 6.95. The van der Waals surface area contributed by atoms with E-state index in [0.717, 1.165) is 24.3 Å². The van der Waals surface area contributed by atoms with Gasteiger partial charge in [-0.1, -0.05) is 12.1 Å². The Morgan fingerprint density at radius 2 is 2.22 bits per heavy atom. The molecule has 0 aromatic heterocycles. The highest BCUT2D eigenvalue weighted by Gasteiger charge is 2.19. The molecule has 5 heteroatoms. The lowest BCUT2D eigenvalue weighted by Gasteiger charge is -2.24. The predicted octanol–water partition coefficient (Wildman–Crippen LogP) is 3.22. The summed E-state index contributed by atoms with van der Waals surface area (Å²) in [5.41, 5.74) is 1.71. The summed E-state index contributed by atoms with van der Waals surface area (Å²) in [7, 11) is 1.76. The van der Waals surface area contributed by atoms with Crippen molar-refractivity contribution in [2.24, 2.45) is 0 Å². The molecule has 0 spiro atoms. The zero-order valence-electron chi connectivity index (χ0n) is 14.7. The highest BCUT2D eigenvalue weighted by molar-refractivity contribution is 5.67. The van der Waals surface area contributed by atoms with Gasteiger partial charge in [0.05, 0.1) is 0 Å². The van der Waals surface area contributed by atoms with Gasteiger partial charge in [-0.25, -0.2) is 4.79 Å². The topological polar surface area (TPSA) is 53.6 Å². The van der Waals surface area contributed by atoms with E-state index in [1.165, 1.54) is 12.8 Å². The van der Waals surface area contributed by atoms with Gasteiger partial charge in [0.1, 0.15) is 5.60 Å². The molecule has 0 saturated carbocycles. The van der Waals surface area contributed by atoms with Crippen LogP contribution in [0.3, 0.4) is 0 Å². The monoisotopic (exact) mass is 319 g/mol. The molecule has 2 N–H and O–H groups in total. The van der Waals surface area contributed by atoms with Crippen LogP contribution < -0.4 is 10.6 Å². The van der Waals surface area contributed by atoms with Crippen molar-refractivity contribution in [2.45, 2.75) is 51.8 Å². The SMILES string of the molecule is CN(Cc1cccc(NCC2CCCN2)c1)C(=O)OC(C)(C)C. The molecule has 5 nitrogen and oxygen atoms in total. The number of nitrogens with one attached hydrogen (secondary N) is 2. The van der Waals surface area contributed by atoms with Crippen LogP contribution in [0.15, 0.2) is 24.3 Å². The zero-order valence-corrected chi connectivity index (χ0v) is 14.7. The van der Waals surface area contributed by atoms with E-state index < -0.39 is 5.60 Å². The average molecular weight is 319 g/mol. The first kappa shape index (κ1) is 17.6. The summed E-state index contributed by atoms with van der Waals surface area (Å²) >= 11 is 0. The minimum Gasteiger partial charge on any atom is -0.444 e. The lowest BCUT2D eigenvalue weighted by molar-refractivity contribution is 0.0285. The van der Waals surface area contributed by atoms with E-state index in [1.807, 2.05) is 32.9 Å². The number of hydrogen-bond donors (Lipinski definition) is 2. The van der Waals surface area contributed by atoms with Gasteiger partial charge in [-0.15, -0.1) is 0 Å². The predicted molar refractivity (Wildman–Crippen MR) is 93.7 cm³/mol. The van der Waals surface area contributed by atoms with Gasteiger partial charge >= 0.3 is 6.09 Å². The summed E-state index contributed by atoms with van der Waals surface area (Å²) in [6, 6.07) is 8.76. The van der Waals surface area contributed by atoms with Crippen molar-refractivity contribution in [1.82, 2.24) is 10.2 Å². The third-order valence-corrected chi connectivity index (χ3v) is 3.77. The molecule has 1 heterocycles. The molecule has 1 unspecified atom stereocenters. The number of carbonyl (C=O) groups is 1. The van der Waals surface area contributed by atoms with Gasteiger partial charge < -0.3 is 20.3 Å². The minimum absolute atomic E-state index is 0.300. The van der Waals surface area contributed by atoms with Gasteiger partial charge in [0.15, 0.2) is 0 Å². The van der Waals surface area contributed by atoms with Crippen LogP contribution in [0.5, 0.6) is 0 Å². The van der Waals surface area contributed by atoms with Gasteiger partial charge in [0, 0.05) is 31.9 Å². The van der Waals surface area contributed by atoms with Gasteiger partial charge in [-0.3, -0.25) is 0 Å². The van der Waals surface area contributed by atoms with Gasteiger partial charge in [0.25, 0.3) is 0 Å². The lowest BCUT2D eigenvalue weighted by Crippen LogP contribution is -2.33. The fourth-order valence-electron chi connectivity index (χ4n) is 2.63. The van der Waals surface area contributed by atoms with E-state index >= 15 is 0 Å². The third kappa shape index (κ3) is 6.10. The molecular formula is C18H29N3O2. The van der Waals surface area contributed by atoms with E-state index in [0.29, 0.717) is 12.6 Å². The minimum atomic E-state index is -0.469. The maximum Gasteiger partial charge on any atom is 0.410 e. The van der Waals surface area contributed by atoms with Crippen LogP contribution in [0.1, 0.15) is 39.2 Å². The first-order chi connectivity index (χ1) is 10.8. The second-order valence-corrected chi connectivity index (χ2v) is 7.21. The molecule has 0 bridgehead atoms. The highest BCUT2D eigenvalue weighted by atomic mass is 16.6. The van der Waals surface area contributed by atoms with Crippen LogP contribution in [-0.2, 0) is 11.3 Å². The maximum atomic E-state index is 12.0. The van der Waals surface area contributed by atoms with E-state index in [9.17, 15) is 4.79 Å². The number of carbonyl (C=O) groups excluding carboxylic acids is 1. The molecule has 1 aromatic rings. The van der Waals surface area contributed by atoms with E-state index in [2.05, 4.69) is 22.8 Å². The molecular weight excluding hydrogens is 290 g/mol. The largest absolute Gasteiger partial charge is 0.444 e. The molecule has 1 saturated heterocycles. The fourth-order valence-corrected chi connectivity index (χ4v) is 2.63. The smallest absolute Gasteiger partial charge is 0.410 e. The van der Waals surface area contributed by atoms with Crippen LogP contribution in [-0.4, -0.2) is 42.8 Å². The number of ether oxygens (including phenoxy) is 1. The van der Waals surface area contributed by atoms with E-state index in [4.69, 9.17) is 4.74 Å². The van der Waals surface area contributed by atoms with Crippen molar-refractivity contribution in [3.63, 3.8) is 0 Å². The summed E-state index contributed by atoms with van der Waals surface area (Å²) in [6.07, 6.45) is 2.19. The van der Waals surface area contributed by atoms with Crippen molar-refractivity contribution in [2.75, 3.05) is 25.5 Å². The lowest BCUT2D eigenvalue weighted by atomic mass is 10.1. The van der Waals surface area contributed by atoms with Gasteiger partial charge in [-0.05, 0) is 57.9 Å². The number of rotatable bonds is 5. The second kappa shape index (κ2) is 7.68. The molecule has 23 heavy (non-hydrogen) atoms. The van der Waals surface area contributed by atoms with Crippen LogP contribution in [0.25, 0.3) is 0 Å². The summed E-state index contributed by atoms with van der Waals surface area (Å²) in [4.78, 5) is 13.6. The molecule has 1 aromatic carbocycles. The fraction of sp³-hybridized carbons (Fsp3) is 0.611.